The third kappa shape index (κ3) is 4.36. The van der Waals surface area contributed by atoms with Crippen molar-refractivity contribution in [2.24, 2.45) is 0 Å². The summed E-state index contributed by atoms with van der Waals surface area (Å²) < 4.78 is 12.5. The molecule has 1 aromatic heterocycles. The van der Waals surface area contributed by atoms with Gasteiger partial charge in [-0.2, -0.15) is 0 Å². The number of benzene rings is 3. The molecule has 0 saturated carbocycles. The zero-order chi connectivity index (χ0) is 21.1. The van der Waals surface area contributed by atoms with E-state index >= 15 is 0 Å². The fraction of sp³-hybridized carbons (Fsp3) is 0.174. The Morgan fingerprint density at radius 3 is 2.57 bits per heavy atom. The number of nitrogens with one attached hydrogen (secondary N) is 3. The van der Waals surface area contributed by atoms with Gasteiger partial charge in [0.25, 0.3) is 0 Å². The predicted octanol–water partition coefficient (Wildman–Crippen LogP) is 5.13. The molecule has 0 aliphatic carbocycles. The Labute approximate surface area is 182 Å². The molecule has 6 nitrogen and oxygen atoms in total. The Morgan fingerprint density at radius 1 is 0.967 bits per heavy atom. The van der Waals surface area contributed by atoms with Crippen molar-refractivity contribution in [1.82, 2.24) is 9.97 Å². The van der Waals surface area contributed by atoms with E-state index in [1.165, 1.54) is 5.56 Å². The van der Waals surface area contributed by atoms with Gasteiger partial charge in [0.15, 0.2) is 11.5 Å². The van der Waals surface area contributed by atoms with Gasteiger partial charge in [-0.05, 0) is 53.9 Å². The van der Waals surface area contributed by atoms with Gasteiger partial charge in [-0.15, -0.1) is 0 Å². The Balaban J connectivity index is 1.49. The first-order chi connectivity index (χ1) is 14.5. The average molecular weight is 468 g/mol. The van der Waals surface area contributed by atoms with Crippen molar-refractivity contribution in [3.05, 3.63) is 86.2 Å². The van der Waals surface area contributed by atoms with Crippen LogP contribution < -0.4 is 20.5 Å². The average Bonchev–Trinajstić information content (AvgIpc) is 3.11. The molecule has 0 aliphatic heterocycles. The van der Waals surface area contributed by atoms with Crippen molar-refractivity contribution in [2.45, 2.75) is 20.1 Å². The van der Waals surface area contributed by atoms with Gasteiger partial charge < -0.3 is 24.8 Å². The maximum absolute atomic E-state index is 11.4. The summed E-state index contributed by atoms with van der Waals surface area (Å²) in [4.78, 5) is 16.9. The molecule has 4 aromatic rings. The van der Waals surface area contributed by atoms with Crippen LogP contribution in [-0.2, 0) is 13.2 Å². The standard InChI is InChI=1S/C23H22BrN3O3/c1-14-5-3-4-6-15(14)13-30-22-11-18(24)16(9-21(22)29-2)12-25-17-7-8-19-20(10-17)27-23(28)26-19/h3-11,25H,12-13H2,1-2H3,(H2,26,27,28). The molecule has 0 bridgehead atoms. The lowest BCUT2D eigenvalue weighted by Gasteiger charge is -2.15. The lowest BCUT2D eigenvalue weighted by atomic mass is 10.1. The first kappa shape index (κ1) is 20.1. The first-order valence-electron chi connectivity index (χ1n) is 9.53. The predicted molar refractivity (Wildman–Crippen MR) is 122 cm³/mol. The molecule has 0 aliphatic rings. The zero-order valence-electron chi connectivity index (χ0n) is 16.7. The molecule has 0 amide bonds. The highest BCUT2D eigenvalue weighted by atomic mass is 79.9. The van der Waals surface area contributed by atoms with Crippen LogP contribution in [0, 0.1) is 6.92 Å². The van der Waals surface area contributed by atoms with Crippen LogP contribution in [0.1, 0.15) is 16.7 Å². The SMILES string of the molecule is COc1cc(CNc2ccc3[nH]c(=O)[nH]c3c2)c(Br)cc1OCc1ccccc1C. The van der Waals surface area contributed by atoms with Gasteiger partial charge in [0.1, 0.15) is 6.61 Å². The monoisotopic (exact) mass is 467 g/mol. The number of fused-ring (bicyclic) bond motifs is 1. The second-order valence-corrected chi connectivity index (χ2v) is 7.86. The van der Waals surface area contributed by atoms with Crippen molar-refractivity contribution in [3.63, 3.8) is 0 Å². The molecule has 4 rings (SSSR count). The zero-order valence-corrected chi connectivity index (χ0v) is 18.3. The number of aromatic nitrogens is 2. The molecule has 3 N–H and O–H groups in total. The van der Waals surface area contributed by atoms with Crippen LogP contribution in [0.5, 0.6) is 11.5 Å². The minimum atomic E-state index is -0.212. The van der Waals surface area contributed by atoms with Crippen molar-refractivity contribution >= 4 is 32.7 Å². The van der Waals surface area contributed by atoms with E-state index < -0.39 is 0 Å². The Kier molecular flexibility index (Phi) is 5.81. The number of aromatic amines is 2. The van der Waals surface area contributed by atoms with Crippen molar-refractivity contribution in [2.75, 3.05) is 12.4 Å². The van der Waals surface area contributed by atoms with Crippen LogP contribution in [0.3, 0.4) is 0 Å². The number of hydrogen-bond donors (Lipinski definition) is 3. The van der Waals surface area contributed by atoms with Crippen molar-refractivity contribution in [1.29, 1.82) is 0 Å². The van der Waals surface area contributed by atoms with Gasteiger partial charge in [0.05, 0.1) is 18.1 Å². The summed E-state index contributed by atoms with van der Waals surface area (Å²) in [5.41, 5.74) is 5.60. The van der Waals surface area contributed by atoms with Crippen molar-refractivity contribution in [3.8, 4) is 11.5 Å². The smallest absolute Gasteiger partial charge is 0.323 e. The Bertz CT molecular complexity index is 1250. The minimum Gasteiger partial charge on any atom is -0.493 e. The summed E-state index contributed by atoms with van der Waals surface area (Å²) >= 11 is 3.64. The Hall–Kier alpha value is -3.19. The second kappa shape index (κ2) is 8.67. The number of halogens is 1. The molecular formula is C23H22BrN3O3. The van der Waals surface area contributed by atoms with Gasteiger partial charge in [-0.25, -0.2) is 4.79 Å². The molecule has 3 aromatic carbocycles. The number of H-pyrrole nitrogens is 2. The van der Waals surface area contributed by atoms with Gasteiger partial charge in [0.2, 0.25) is 0 Å². The summed E-state index contributed by atoms with van der Waals surface area (Å²) in [6.45, 7) is 3.12. The van der Waals surface area contributed by atoms with Gasteiger partial charge in [0, 0.05) is 16.7 Å². The summed E-state index contributed by atoms with van der Waals surface area (Å²) in [6.07, 6.45) is 0. The topological polar surface area (TPSA) is 79.1 Å². The van der Waals surface area contributed by atoms with E-state index in [1.54, 1.807) is 7.11 Å². The molecule has 0 unspecified atom stereocenters. The highest BCUT2D eigenvalue weighted by Gasteiger charge is 2.11. The van der Waals surface area contributed by atoms with Gasteiger partial charge >= 0.3 is 5.69 Å². The molecule has 0 spiro atoms. The number of rotatable bonds is 7. The van der Waals surface area contributed by atoms with E-state index in [9.17, 15) is 4.79 Å². The van der Waals surface area contributed by atoms with E-state index in [1.807, 2.05) is 42.5 Å². The number of methoxy groups -OCH3 is 1. The number of hydrogen-bond acceptors (Lipinski definition) is 4. The van der Waals surface area contributed by atoms with E-state index in [-0.39, 0.29) is 5.69 Å². The fourth-order valence-electron chi connectivity index (χ4n) is 3.25. The van der Waals surface area contributed by atoms with Crippen LogP contribution in [-0.4, -0.2) is 17.1 Å². The maximum Gasteiger partial charge on any atom is 0.323 e. The largest absolute Gasteiger partial charge is 0.493 e. The lowest BCUT2D eigenvalue weighted by molar-refractivity contribution is 0.283. The molecular weight excluding hydrogens is 446 g/mol. The van der Waals surface area contributed by atoms with E-state index in [0.29, 0.717) is 24.7 Å². The van der Waals surface area contributed by atoms with Crippen LogP contribution in [0.15, 0.2) is 63.9 Å². The summed E-state index contributed by atoms with van der Waals surface area (Å²) in [7, 11) is 1.64. The molecule has 0 saturated heterocycles. The van der Waals surface area contributed by atoms with E-state index in [0.717, 1.165) is 32.3 Å². The highest BCUT2D eigenvalue weighted by molar-refractivity contribution is 9.10. The van der Waals surface area contributed by atoms with Crippen LogP contribution in [0.4, 0.5) is 5.69 Å². The molecule has 7 heteroatoms. The first-order valence-corrected chi connectivity index (χ1v) is 10.3. The number of ether oxygens (including phenoxy) is 2. The molecule has 0 radical (unpaired) electrons. The van der Waals surface area contributed by atoms with Crippen molar-refractivity contribution < 1.29 is 9.47 Å². The molecule has 0 fully saturated rings. The summed E-state index contributed by atoms with van der Waals surface area (Å²) in [5.74, 6) is 1.36. The van der Waals surface area contributed by atoms with Crippen LogP contribution >= 0.6 is 15.9 Å². The van der Waals surface area contributed by atoms with Crippen LogP contribution in [0.2, 0.25) is 0 Å². The van der Waals surface area contributed by atoms with E-state index in [4.69, 9.17) is 9.47 Å². The van der Waals surface area contributed by atoms with Crippen LogP contribution in [0.25, 0.3) is 11.0 Å². The minimum absolute atomic E-state index is 0.212. The molecule has 0 atom stereocenters. The second-order valence-electron chi connectivity index (χ2n) is 7.00. The molecule has 154 valence electrons. The number of anilines is 1. The normalized spacial score (nSPS) is 10.9. The lowest BCUT2D eigenvalue weighted by Crippen LogP contribution is -2.03. The van der Waals surface area contributed by atoms with E-state index in [2.05, 4.69) is 50.3 Å². The van der Waals surface area contributed by atoms with Gasteiger partial charge in [-0.3, -0.25) is 0 Å². The van der Waals surface area contributed by atoms with Gasteiger partial charge in [-0.1, -0.05) is 40.2 Å². The third-order valence-electron chi connectivity index (χ3n) is 4.98. The molecule has 30 heavy (non-hydrogen) atoms. The Morgan fingerprint density at radius 2 is 1.77 bits per heavy atom. The third-order valence-corrected chi connectivity index (χ3v) is 5.71. The fourth-order valence-corrected chi connectivity index (χ4v) is 3.71. The maximum atomic E-state index is 11.4. The highest BCUT2D eigenvalue weighted by Crippen LogP contribution is 2.34. The summed E-state index contributed by atoms with van der Waals surface area (Å²) in [5, 5.41) is 3.38. The number of imidazole rings is 1. The number of aryl methyl sites for hydroxylation is 1. The molecule has 1 heterocycles. The summed E-state index contributed by atoms with van der Waals surface area (Å²) in [6, 6.07) is 17.7. The quantitative estimate of drug-likeness (QED) is 0.352.